The topological polar surface area (TPSA) is 66.6 Å². The SMILES string of the molecule is Cc1cc(C(=O)N2CCC(c3cccc(CN)c3)CC2)ccc1O. The highest BCUT2D eigenvalue weighted by atomic mass is 16.3. The third-order valence-corrected chi connectivity index (χ3v) is 4.88. The van der Waals surface area contributed by atoms with Crippen LogP contribution in [0.15, 0.2) is 42.5 Å². The van der Waals surface area contributed by atoms with Gasteiger partial charge in [0, 0.05) is 25.2 Å². The van der Waals surface area contributed by atoms with Crippen LogP contribution in [-0.2, 0) is 6.54 Å². The molecule has 126 valence electrons. The summed E-state index contributed by atoms with van der Waals surface area (Å²) >= 11 is 0. The lowest BCUT2D eigenvalue weighted by Gasteiger charge is -2.32. The first-order chi connectivity index (χ1) is 11.6. The van der Waals surface area contributed by atoms with Crippen LogP contribution < -0.4 is 5.73 Å². The van der Waals surface area contributed by atoms with Crippen molar-refractivity contribution in [2.75, 3.05) is 13.1 Å². The van der Waals surface area contributed by atoms with Crippen molar-refractivity contribution in [3.63, 3.8) is 0 Å². The van der Waals surface area contributed by atoms with Gasteiger partial charge < -0.3 is 15.7 Å². The number of amides is 1. The van der Waals surface area contributed by atoms with Crippen LogP contribution in [0.3, 0.4) is 0 Å². The quantitative estimate of drug-likeness (QED) is 0.911. The van der Waals surface area contributed by atoms with Gasteiger partial charge in [0.2, 0.25) is 0 Å². The molecule has 1 fully saturated rings. The second kappa shape index (κ2) is 7.05. The predicted octanol–water partition coefficient (Wildman–Crippen LogP) is 3.18. The van der Waals surface area contributed by atoms with Gasteiger partial charge in [-0.2, -0.15) is 0 Å². The van der Waals surface area contributed by atoms with Crippen LogP contribution in [0.5, 0.6) is 5.75 Å². The maximum atomic E-state index is 12.6. The molecule has 0 atom stereocenters. The highest BCUT2D eigenvalue weighted by Gasteiger charge is 2.24. The number of aromatic hydroxyl groups is 1. The van der Waals surface area contributed by atoms with Crippen molar-refractivity contribution in [3.8, 4) is 5.75 Å². The van der Waals surface area contributed by atoms with Crippen LogP contribution in [0, 0.1) is 6.92 Å². The molecule has 1 saturated heterocycles. The first kappa shape index (κ1) is 16.5. The van der Waals surface area contributed by atoms with Crippen molar-refractivity contribution >= 4 is 5.91 Å². The van der Waals surface area contributed by atoms with Gasteiger partial charge in [-0.25, -0.2) is 0 Å². The van der Waals surface area contributed by atoms with E-state index in [9.17, 15) is 9.90 Å². The lowest BCUT2D eigenvalue weighted by molar-refractivity contribution is 0.0713. The first-order valence-corrected chi connectivity index (χ1v) is 8.46. The molecule has 0 saturated carbocycles. The van der Waals surface area contributed by atoms with Crippen molar-refractivity contribution in [1.29, 1.82) is 0 Å². The highest BCUT2D eigenvalue weighted by molar-refractivity contribution is 5.94. The molecule has 2 aromatic rings. The average Bonchev–Trinajstić information content (AvgIpc) is 2.63. The second-order valence-electron chi connectivity index (χ2n) is 6.52. The smallest absolute Gasteiger partial charge is 0.253 e. The van der Waals surface area contributed by atoms with Crippen molar-refractivity contribution in [2.24, 2.45) is 5.73 Å². The lowest BCUT2D eigenvalue weighted by Crippen LogP contribution is -2.37. The standard InChI is InChI=1S/C20H24N2O2/c1-14-11-18(5-6-19(14)23)20(24)22-9-7-16(8-10-22)17-4-2-3-15(12-17)13-21/h2-6,11-12,16,23H,7-10,13,21H2,1H3. The van der Waals surface area contributed by atoms with Gasteiger partial charge in [0.25, 0.3) is 5.91 Å². The number of phenolic OH excluding ortho intramolecular Hbond substituents is 1. The number of hydrogen-bond acceptors (Lipinski definition) is 3. The summed E-state index contributed by atoms with van der Waals surface area (Å²) < 4.78 is 0. The van der Waals surface area contributed by atoms with E-state index in [4.69, 9.17) is 5.73 Å². The summed E-state index contributed by atoms with van der Waals surface area (Å²) in [5.74, 6) is 0.763. The summed E-state index contributed by atoms with van der Waals surface area (Å²) in [5.41, 5.74) is 9.59. The number of hydrogen-bond donors (Lipinski definition) is 2. The molecule has 1 aliphatic rings. The maximum Gasteiger partial charge on any atom is 0.253 e. The van der Waals surface area contributed by atoms with Crippen molar-refractivity contribution < 1.29 is 9.90 Å². The molecule has 4 heteroatoms. The Morgan fingerprint density at radius 1 is 1.21 bits per heavy atom. The molecule has 0 aliphatic carbocycles. The zero-order chi connectivity index (χ0) is 17.1. The summed E-state index contributed by atoms with van der Waals surface area (Å²) in [6.07, 6.45) is 1.94. The van der Waals surface area contributed by atoms with Crippen molar-refractivity contribution in [1.82, 2.24) is 4.90 Å². The number of carbonyl (C=O) groups excluding carboxylic acids is 1. The summed E-state index contributed by atoms with van der Waals surface area (Å²) in [7, 11) is 0. The van der Waals surface area contributed by atoms with Gasteiger partial charge in [-0.1, -0.05) is 24.3 Å². The fourth-order valence-corrected chi connectivity index (χ4v) is 3.36. The van der Waals surface area contributed by atoms with Gasteiger partial charge in [0.05, 0.1) is 0 Å². The van der Waals surface area contributed by atoms with E-state index in [1.807, 2.05) is 11.8 Å². The van der Waals surface area contributed by atoms with Crippen molar-refractivity contribution in [3.05, 3.63) is 64.7 Å². The molecule has 2 aromatic carbocycles. The minimum absolute atomic E-state index is 0.0484. The second-order valence-corrected chi connectivity index (χ2v) is 6.52. The number of likely N-dealkylation sites (tertiary alicyclic amines) is 1. The molecule has 3 rings (SSSR count). The van der Waals surface area contributed by atoms with Crippen molar-refractivity contribution in [2.45, 2.75) is 32.2 Å². The van der Waals surface area contributed by atoms with Crippen LogP contribution in [0.1, 0.15) is 45.8 Å². The zero-order valence-corrected chi connectivity index (χ0v) is 14.0. The molecular formula is C20H24N2O2. The van der Waals surface area contributed by atoms with E-state index in [0.717, 1.165) is 37.1 Å². The van der Waals surface area contributed by atoms with E-state index in [1.54, 1.807) is 18.2 Å². The van der Waals surface area contributed by atoms with Gasteiger partial charge in [-0.3, -0.25) is 4.79 Å². The van der Waals surface area contributed by atoms with Crippen LogP contribution in [0.2, 0.25) is 0 Å². The summed E-state index contributed by atoms with van der Waals surface area (Å²) in [6, 6.07) is 13.5. The van der Waals surface area contributed by atoms with Crippen LogP contribution in [0.25, 0.3) is 0 Å². The number of benzene rings is 2. The lowest BCUT2D eigenvalue weighted by atomic mass is 9.88. The number of rotatable bonds is 3. The van der Waals surface area contributed by atoms with Crippen LogP contribution >= 0.6 is 0 Å². The summed E-state index contributed by atoms with van der Waals surface area (Å²) in [4.78, 5) is 14.5. The van der Waals surface area contributed by atoms with E-state index in [2.05, 4.69) is 24.3 Å². The molecular weight excluding hydrogens is 300 g/mol. The molecule has 0 bridgehead atoms. The van der Waals surface area contributed by atoms with E-state index >= 15 is 0 Å². The van der Waals surface area contributed by atoms with Gasteiger partial charge in [-0.15, -0.1) is 0 Å². The van der Waals surface area contributed by atoms with E-state index < -0.39 is 0 Å². The Hall–Kier alpha value is -2.33. The molecule has 0 spiro atoms. The molecule has 1 amide bonds. The van der Waals surface area contributed by atoms with Gasteiger partial charge in [-0.05, 0) is 60.6 Å². The highest BCUT2D eigenvalue weighted by Crippen LogP contribution is 2.29. The van der Waals surface area contributed by atoms with E-state index in [1.165, 1.54) is 5.56 Å². The molecule has 4 nitrogen and oxygen atoms in total. The number of carbonyl (C=O) groups is 1. The number of nitrogens with two attached hydrogens (primary N) is 1. The van der Waals surface area contributed by atoms with E-state index in [-0.39, 0.29) is 11.7 Å². The normalized spacial score (nSPS) is 15.5. The Balaban J connectivity index is 1.65. The number of piperidine rings is 1. The largest absolute Gasteiger partial charge is 0.508 e. The first-order valence-electron chi connectivity index (χ1n) is 8.46. The Labute approximate surface area is 142 Å². The molecule has 0 unspecified atom stereocenters. The molecule has 0 radical (unpaired) electrons. The molecule has 0 aromatic heterocycles. The van der Waals surface area contributed by atoms with Gasteiger partial charge >= 0.3 is 0 Å². The number of aryl methyl sites for hydroxylation is 1. The van der Waals surface area contributed by atoms with E-state index in [0.29, 0.717) is 18.0 Å². The van der Waals surface area contributed by atoms with Crippen LogP contribution in [0.4, 0.5) is 0 Å². The maximum absolute atomic E-state index is 12.6. The third-order valence-electron chi connectivity index (χ3n) is 4.88. The Morgan fingerprint density at radius 3 is 2.62 bits per heavy atom. The fourth-order valence-electron chi connectivity index (χ4n) is 3.36. The van der Waals surface area contributed by atoms with Crippen LogP contribution in [-0.4, -0.2) is 29.0 Å². The number of phenols is 1. The van der Waals surface area contributed by atoms with Gasteiger partial charge in [0.15, 0.2) is 0 Å². The third kappa shape index (κ3) is 3.44. The molecule has 3 N–H and O–H groups in total. The predicted molar refractivity (Wildman–Crippen MR) is 95.1 cm³/mol. The Kier molecular flexibility index (Phi) is 4.86. The average molecular weight is 324 g/mol. The minimum Gasteiger partial charge on any atom is -0.508 e. The summed E-state index contributed by atoms with van der Waals surface area (Å²) in [6.45, 7) is 3.89. The Morgan fingerprint density at radius 2 is 1.96 bits per heavy atom. The fraction of sp³-hybridized carbons (Fsp3) is 0.350. The molecule has 1 heterocycles. The number of nitrogens with zero attached hydrogens (tertiary/aromatic N) is 1. The monoisotopic (exact) mass is 324 g/mol. The minimum atomic E-state index is 0.0484. The molecule has 24 heavy (non-hydrogen) atoms. The van der Waals surface area contributed by atoms with Gasteiger partial charge in [0.1, 0.15) is 5.75 Å². The molecule has 1 aliphatic heterocycles. The Bertz CT molecular complexity index is 734. The summed E-state index contributed by atoms with van der Waals surface area (Å²) in [5, 5.41) is 9.61. The zero-order valence-electron chi connectivity index (χ0n) is 14.0.